The van der Waals surface area contributed by atoms with Crippen molar-refractivity contribution >= 4 is 0 Å². The summed E-state index contributed by atoms with van der Waals surface area (Å²) in [6, 6.07) is 8.18. The standard InChI is InChI=1S/C14H17NO/c1-15(2)13-9-6-8-11(13)12-7-4-5-10-14(12)16-3/h4-11H,1-3H3. The van der Waals surface area contributed by atoms with Crippen LogP contribution in [0, 0.1) is 0 Å². The van der Waals surface area contributed by atoms with Gasteiger partial charge in [0.2, 0.25) is 0 Å². The van der Waals surface area contributed by atoms with Crippen molar-refractivity contribution in [3.63, 3.8) is 0 Å². The minimum atomic E-state index is 0.311. The van der Waals surface area contributed by atoms with E-state index < -0.39 is 0 Å². The van der Waals surface area contributed by atoms with Gasteiger partial charge in [-0.3, -0.25) is 0 Å². The number of hydrogen-bond acceptors (Lipinski definition) is 2. The van der Waals surface area contributed by atoms with Gasteiger partial charge in [0.1, 0.15) is 5.75 Å². The maximum Gasteiger partial charge on any atom is 0.123 e. The van der Waals surface area contributed by atoms with Gasteiger partial charge in [0.15, 0.2) is 0 Å². The van der Waals surface area contributed by atoms with Crippen LogP contribution < -0.4 is 4.74 Å². The molecule has 2 rings (SSSR count). The molecule has 0 N–H and O–H groups in total. The fraction of sp³-hybridized carbons (Fsp3) is 0.286. The average Bonchev–Trinajstić information content (AvgIpc) is 2.77. The van der Waals surface area contributed by atoms with Gasteiger partial charge in [0.25, 0.3) is 0 Å². The third-order valence-electron chi connectivity index (χ3n) is 2.88. The summed E-state index contributed by atoms with van der Waals surface area (Å²) in [6.07, 6.45) is 6.46. The van der Waals surface area contributed by atoms with E-state index in [1.807, 2.05) is 12.1 Å². The van der Waals surface area contributed by atoms with E-state index in [2.05, 4.69) is 49.4 Å². The smallest absolute Gasteiger partial charge is 0.123 e. The summed E-state index contributed by atoms with van der Waals surface area (Å²) in [4.78, 5) is 2.15. The first-order valence-electron chi connectivity index (χ1n) is 5.42. The molecule has 1 aliphatic carbocycles. The first-order valence-corrected chi connectivity index (χ1v) is 5.42. The van der Waals surface area contributed by atoms with Crippen LogP contribution in [0.25, 0.3) is 0 Å². The predicted molar refractivity (Wildman–Crippen MR) is 66.6 cm³/mol. The zero-order valence-corrected chi connectivity index (χ0v) is 9.97. The molecular formula is C14H17NO. The van der Waals surface area contributed by atoms with Crippen molar-refractivity contribution in [1.82, 2.24) is 4.90 Å². The number of benzene rings is 1. The van der Waals surface area contributed by atoms with Gasteiger partial charge >= 0.3 is 0 Å². The fourth-order valence-corrected chi connectivity index (χ4v) is 2.08. The zero-order chi connectivity index (χ0) is 11.5. The van der Waals surface area contributed by atoms with Crippen LogP contribution in [0.2, 0.25) is 0 Å². The molecule has 1 unspecified atom stereocenters. The van der Waals surface area contributed by atoms with Crippen LogP contribution in [0.3, 0.4) is 0 Å². The molecule has 0 heterocycles. The summed E-state index contributed by atoms with van der Waals surface area (Å²) in [5, 5.41) is 0. The van der Waals surface area contributed by atoms with E-state index in [1.165, 1.54) is 11.3 Å². The second-order valence-corrected chi connectivity index (χ2v) is 4.09. The highest BCUT2D eigenvalue weighted by Crippen LogP contribution is 2.36. The molecule has 0 aliphatic heterocycles. The van der Waals surface area contributed by atoms with Gasteiger partial charge in [-0.1, -0.05) is 30.4 Å². The van der Waals surface area contributed by atoms with Crippen LogP contribution in [0.4, 0.5) is 0 Å². The van der Waals surface area contributed by atoms with Gasteiger partial charge < -0.3 is 9.64 Å². The highest BCUT2D eigenvalue weighted by molar-refractivity contribution is 5.46. The summed E-state index contributed by atoms with van der Waals surface area (Å²) < 4.78 is 5.41. The molecular weight excluding hydrogens is 198 g/mol. The van der Waals surface area contributed by atoms with Crippen molar-refractivity contribution in [3.05, 3.63) is 53.8 Å². The van der Waals surface area contributed by atoms with Crippen molar-refractivity contribution < 1.29 is 4.74 Å². The Kier molecular flexibility index (Phi) is 3.00. The van der Waals surface area contributed by atoms with E-state index in [4.69, 9.17) is 4.74 Å². The first kappa shape index (κ1) is 10.8. The van der Waals surface area contributed by atoms with Gasteiger partial charge in [-0.2, -0.15) is 0 Å². The van der Waals surface area contributed by atoms with E-state index in [-0.39, 0.29) is 0 Å². The SMILES string of the molecule is COc1ccccc1C1C=CC=C1N(C)C. The minimum Gasteiger partial charge on any atom is -0.496 e. The summed E-state index contributed by atoms with van der Waals surface area (Å²) in [5.74, 6) is 1.26. The van der Waals surface area contributed by atoms with E-state index in [0.717, 1.165) is 5.75 Å². The topological polar surface area (TPSA) is 12.5 Å². The average molecular weight is 215 g/mol. The number of hydrogen-bond donors (Lipinski definition) is 0. The molecule has 0 aromatic heterocycles. The number of rotatable bonds is 3. The summed E-state index contributed by atoms with van der Waals surface area (Å²) in [5.41, 5.74) is 2.52. The Labute approximate surface area is 96.8 Å². The molecule has 0 saturated heterocycles. The molecule has 2 nitrogen and oxygen atoms in total. The lowest BCUT2D eigenvalue weighted by atomic mass is 9.96. The third kappa shape index (κ3) is 1.83. The molecule has 1 aliphatic rings. The quantitative estimate of drug-likeness (QED) is 0.768. The van der Waals surface area contributed by atoms with Crippen LogP contribution in [0.5, 0.6) is 5.75 Å². The summed E-state index contributed by atoms with van der Waals surface area (Å²) >= 11 is 0. The second-order valence-electron chi connectivity index (χ2n) is 4.09. The molecule has 16 heavy (non-hydrogen) atoms. The maximum atomic E-state index is 5.41. The van der Waals surface area contributed by atoms with Crippen molar-refractivity contribution in [3.8, 4) is 5.75 Å². The maximum absolute atomic E-state index is 5.41. The Balaban J connectivity index is 2.38. The summed E-state index contributed by atoms with van der Waals surface area (Å²) in [6.45, 7) is 0. The Morgan fingerprint density at radius 1 is 1.19 bits per heavy atom. The number of para-hydroxylation sites is 1. The van der Waals surface area contributed by atoms with Crippen LogP contribution in [0.15, 0.2) is 48.2 Å². The largest absolute Gasteiger partial charge is 0.496 e. The highest BCUT2D eigenvalue weighted by Gasteiger charge is 2.21. The Hall–Kier alpha value is -1.70. The van der Waals surface area contributed by atoms with E-state index >= 15 is 0 Å². The Morgan fingerprint density at radius 2 is 1.94 bits per heavy atom. The number of ether oxygens (including phenoxy) is 1. The van der Waals surface area contributed by atoms with Crippen molar-refractivity contribution in [2.24, 2.45) is 0 Å². The molecule has 84 valence electrons. The van der Waals surface area contributed by atoms with Gasteiger partial charge in [0.05, 0.1) is 7.11 Å². The Bertz CT molecular complexity index is 432. The number of likely N-dealkylation sites (N-methyl/N-ethyl adjacent to an activating group) is 1. The molecule has 1 atom stereocenters. The highest BCUT2D eigenvalue weighted by atomic mass is 16.5. The van der Waals surface area contributed by atoms with E-state index in [9.17, 15) is 0 Å². The number of methoxy groups -OCH3 is 1. The van der Waals surface area contributed by atoms with Gasteiger partial charge in [-0.15, -0.1) is 0 Å². The van der Waals surface area contributed by atoms with Gasteiger partial charge in [0, 0.05) is 31.3 Å². The fourth-order valence-electron chi connectivity index (χ4n) is 2.08. The minimum absolute atomic E-state index is 0.311. The van der Waals surface area contributed by atoms with E-state index in [0.29, 0.717) is 5.92 Å². The van der Waals surface area contributed by atoms with Crippen LogP contribution in [0.1, 0.15) is 11.5 Å². The lowest BCUT2D eigenvalue weighted by Gasteiger charge is -2.23. The van der Waals surface area contributed by atoms with Crippen molar-refractivity contribution in [2.75, 3.05) is 21.2 Å². The van der Waals surface area contributed by atoms with Crippen molar-refractivity contribution in [1.29, 1.82) is 0 Å². The van der Waals surface area contributed by atoms with Crippen LogP contribution >= 0.6 is 0 Å². The lowest BCUT2D eigenvalue weighted by Crippen LogP contribution is -2.15. The van der Waals surface area contributed by atoms with Crippen LogP contribution in [-0.2, 0) is 0 Å². The normalized spacial score (nSPS) is 18.4. The second kappa shape index (κ2) is 4.44. The van der Waals surface area contributed by atoms with Gasteiger partial charge in [-0.05, 0) is 12.1 Å². The summed E-state index contributed by atoms with van der Waals surface area (Å²) in [7, 11) is 5.86. The third-order valence-corrected chi connectivity index (χ3v) is 2.88. The lowest BCUT2D eigenvalue weighted by molar-refractivity contribution is 0.405. The molecule has 0 bridgehead atoms. The van der Waals surface area contributed by atoms with E-state index in [1.54, 1.807) is 7.11 Å². The molecule has 1 aromatic carbocycles. The molecule has 1 aromatic rings. The number of allylic oxidation sites excluding steroid dienone is 3. The first-order chi connectivity index (χ1) is 7.74. The molecule has 2 heteroatoms. The predicted octanol–water partition coefficient (Wildman–Crippen LogP) is 2.79. The molecule has 0 fully saturated rings. The molecule has 0 radical (unpaired) electrons. The monoisotopic (exact) mass is 215 g/mol. The zero-order valence-electron chi connectivity index (χ0n) is 9.97. The van der Waals surface area contributed by atoms with Crippen molar-refractivity contribution in [2.45, 2.75) is 5.92 Å². The van der Waals surface area contributed by atoms with Gasteiger partial charge in [-0.25, -0.2) is 0 Å². The molecule has 0 spiro atoms. The molecule has 0 saturated carbocycles. The van der Waals surface area contributed by atoms with Crippen LogP contribution in [-0.4, -0.2) is 26.1 Å². The number of nitrogens with zero attached hydrogens (tertiary/aromatic N) is 1. The molecule has 0 amide bonds. The Morgan fingerprint density at radius 3 is 2.62 bits per heavy atom.